The van der Waals surface area contributed by atoms with E-state index in [4.69, 9.17) is 0 Å². The Labute approximate surface area is 103 Å². The summed E-state index contributed by atoms with van der Waals surface area (Å²) in [6.45, 7) is -0.383. The molecular formula is C11H15F3N4. The Morgan fingerprint density at radius 2 is 1.94 bits per heavy atom. The number of nitrogens with one attached hydrogen (secondary N) is 1. The van der Waals surface area contributed by atoms with Crippen molar-refractivity contribution in [3.8, 4) is 0 Å². The van der Waals surface area contributed by atoms with E-state index in [0.717, 1.165) is 18.4 Å². The summed E-state index contributed by atoms with van der Waals surface area (Å²) >= 11 is 0. The Morgan fingerprint density at radius 1 is 1.33 bits per heavy atom. The highest BCUT2D eigenvalue weighted by Gasteiger charge is 2.39. The lowest BCUT2D eigenvalue weighted by Crippen LogP contribution is -2.37. The number of anilines is 1. The van der Waals surface area contributed by atoms with Crippen LogP contribution in [0.2, 0.25) is 0 Å². The van der Waals surface area contributed by atoms with Gasteiger partial charge in [0.15, 0.2) is 0 Å². The van der Waals surface area contributed by atoms with Crippen LogP contribution in [-0.4, -0.2) is 35.8 Å². The van der Waals surface area contributed by atoms with Gasteiger partial charge in [0.1, 0.15) is 6.54 Å². The normalized spacial score (nSPS) is 15.8. The van der Waals surface area contributed by atoms with Crippen molar-refractivity contribution < 1.29 is 13.2 Å². The predicted octanol–water partition coefficient (Wildman–Crippen LogP) is 1.73. The fourth-order valence-corrected chi connectivity index (χ4v) is 1.73. The smallest absolute Gasteiger partial charge is 0.329 e. The molecule has 0 unspecified atom stereocenters. The molecule has 1 fully saturated rings. The maximum atomic E-state index is 12.5. The minimum atomic E-state index is -4.23. The van der Waals surface area contributed by atoms with Crippen LogP contribution in [0.5, 0.6) is 0 Å². The molecule has 1 heterocycles. The first-order valence-corrected chi connectivity index (χ1v) is 5.78. The first-order valence-electron chi connectivity index (χ1n) is 5.78. The molecule has 0 radical (unpaired) electrons. The van der Waals surface area contributed by atoms with Crippen molar-refractivity contribution in [3.05, 3.63) is 18.0 Å². The summed E-state index contributed by atoms with van der Waals surface area (Å²) in [5, 5.41) is 2.93. The van der Waals surface area contributed by atoms with Gasteiger partial charge in [0.05, 0.1) is 0 Å². The van der Waals surface area contributed by atoms with Gasteiger partial charge in [-0.25, -0.2) is 9.97 Å². The molecule has 1 aromatic rings. The van der Waals surface area contributed by atoms with Crippen LogP contribution < -0.4 is 10.2 Å². The van der Waals surface area contributed by atoms with Gasteiger partial charge >= 0.3 is 6.18 Å². The maximum absolute atomic E-state index is 12.5. The summed E-state index contributed by atoms with van der Waals surface area (Å²) in [5.41, 5.74) is 0.851. The van der Waals surface area contributed by atoms with Gasteiger partial charge in [0.2, 0.25) is 5.95 Å². The van der Waals surface area contributed by atoms with E-state index in [1.54, 1.807) is 19.4 Å². The number of halogens is 3. The monoisotopic (exact) mass is 260 g/mol. The summed E-state index contributed by atoms with van der Waals surface area (Å²) in [5.74, 6) is 0.162. The Kier molecular flexibility index (Phi) is 3.70. The van der Waals surface area contributed by atoms with Crippen LogP contribution in [0.25, 0.3) is 0 Å². The van der Waals surface area contributed by atoms with Crippen LogP contribution in [0.4, 0.5) is 19.1 Å². The van der Waals surface area contributed by atoms with Gasteiger partial charge in [0, 0.05) is 30.5 Å². The molecule has 1 aliphatic rings. The van der Waals surface area contributed by atoms with Crippen molar-refractivity contribution in [1.82, 2.24) is 15.3 Å². The number of aromatic nitrogens is 2. The molecule has 0 aromatic carbocycles. The van der Waals surface area contributed by atoms with Crippen LogP contribution in [0.1, 0.15) is 18.4 Å². The van der Waals surface area contributed by atoms with Crippen LogP contribution >= 0.6 is 0 Å². The first-order chi connectivity index (χ1) is 8.49. The Bertz CT molecular complexity index is 386. The minimum absolute atomic E-state index is 0.0678. The molecule has 0 bridgehead atoms. The largest absolute Gasteiger partial charge is 0.406 e. The molecule has 4 nitrogen and oxygen atoms in total. The van der Waals surface area contributed by atoms with Crippen molar-refractivity contribution in [1.29, 1.82) is 0 Å². The second kappa shape index (κ2) is 5.09. The second-order valence-electron chi connectivity index (χ2n) is 4.40. The van der Waals surface area contributed by atoms with Gasteiger partial charge in [-0.1, -0.05) is 0 Å². The molecule has 0 amide bonds. The zero-order valence-electron chi connectivity index (χ0n) is 10.0. The van der Waals surface area contributed by atoms with E-state index >= 15 is 0 Å². The van der Waals surface area contributed by atoms with Crippen LogP contribution in [0, 0.1) is 0 Å². The fourth-order valence-electron chi connectivity index (χ4n) is 1.73. The number of hydrogen-bond acceptors (Lipinski definition) is 4. The molecule has 100 valence electrons. The summed E-state index contributed by atoms with van der Waals surface area (Å²) in [7, 11) is 1.79. The Hall–Kier alpha value is -1.37. The van der Waals surface area contributed by atoms with Gasteiger partial charge in [-0.2, -0.15) is 13.2 Å². The highest BCUT2D eigenvalue weighted by molar-refractivity contribution is 5.34. The van der Waals surface area contributed by atoms with Gasteiger partial charge in [-0.3, -0.25) is 0 Å². The van der Waals surface area contributed by atoms with Gasteiger partial charge < -0.3 is 10.2 Å². The lowest BCUT2D eigenvalue weighted by molar-refractivity contribution is -0.120. The highest BCUT2D eigenvalue weighted by atomic mass is 19.4. The molecule has 18 heavy (non-hydrogen) atoms. The van der Waals surface area contributed by atoms with Crippen molar-refractivity contribution >= 4 is 5.95 Å². The molecule has 2 rings (SSSR count). The van der Waals surface area contributed by atoms with Gasteiger partial charge in [-0.05, 0) is 19.9 Å². The summed E-state index contributed by atoms with van der Waals surface area (Å²) in [4.78, 5) is 9.27. The summed E-state index contributed by atoms with van der Waals surface area (Å²) < 4.78 is 37.4. The van der Waals surface area contributed by atoms with Crippen LogP contribution in [-0.2, 0) is 6.54 Å². The summed E-state index contributed by atoms with van der Waals surface area (Å²) in [6, 6.07) is -0.0678. The molecule has 0 atom stereocenters. The van der Waals surface area contributed by atoms with Crippen molar-refractivity contribution in [3.63, 3.8) is 0 Å². The van der Waals surface area contributed by atoms with Gasteiger partial charge in [0.25, 0.3) is 0 Å². The fraction of sp³-hybridized carbons (Fsp3) is 0.636. The third kappa shape index (κ3) is 3.56. The number of rotatable bonds is 5. The lowest BCUT2D eigenvalue weighted by atomic mass is 10.3. The predicted molar refractivity (Wildman–Crippen MR) is 61.2 cm³/mol. The molecule has 1 saturated carbocycles. The number of nitrogens with zero attached hydrogens (tertiary/aromatic N) is 3. The van der Waals surface area contributed by atoms with E-state index < -0.39 is 12.7 Å². The molecule has 7 heteroatoms. The molecule has 1 N–H and O–H groups in total. The molecule has 1 aliphatic carbocycles. The molecule has 1 aromatic heterocycles. The minimum Gasteiger partial charge on any atom is -0.329 e. The van der Waals surface area contributed by atoms with E-state index in [-0.39, 0.29) is 12.0 Å². The van der Waals surface area contributed by atoms with Crippen LogP contribution in [0.3, 0.4) is 0 Å². The highest BCUT2D eigenvalue weighted by Crippen LogP contribution is 2.32. The third-order valence-corrected chi connectivity index (χ3v) is 2.67. The maximum Gasteiger partial charge on any atom is 0.406 e. The third-order valence-electron chi connectivity index (χ3n) is 2.67. The van der Waals surface area contributed by atoms with E-state index in [0.29, 0.717) is 6.54 Å². The van der Waals surface area contributed by atoms with Crippen molar-refractivity contribution in [2.45, 2.75) is 31.6 Å². The Morgan fingerprint density at radius 3 is 2.39 bits per heavy atom. The standard InChI is InChI=1S/C11H15F3N4/c1-15-4-8-5-16-10(17-6-8)18(9-2-3-9)7-11(12,13)14/h5-6,9,15H,2-4,7H2,1H3. The average molecular weight is 260 g/mol. The first kappa shape index (κ1) is 13.1. The zero-order chi connectivity index (χ0) is 13.2. The second-order valence-corrected chi connectivity index (χ2v) is 4.40. The van der Waals surface area contributed by atoms with Gasteiger partial charge in [-0.15, -0.1) is 0 Å². The summed E-state index contributed by atoms with van der Waals surface area (Å²) in [6.07, 6.45) is 0.445. The molecule has 0 aliphatic heterocycles. The molecule has 0 spiro atoms. The number of alkyl halides is 3. The quantitative estimate of drug-likeness (QED) is 0.875. The topological polar surface area (TPSA) is 41.1 Å². The van der Waals surface area contributed by atoms with Crippen molar-refractivity contribution in [2.24, 2.45) is 0 Å². The van der Waals surface area contributed by atoms with E-state index in [9.17, 15) is 13.2 Å². The SMILES string of the molecule is CNCc1cnc(N(CC(F)(F)F)C2CC2)nc1. The Balaban J connectivity index is 2.10. The molecular weight excluding hydrogens is 245 g/mol. The van der Waals surface area contributed by atoms with Crippen LogP contribution in [0.15, 0.2) is 12.4 Å². The average Bonchev–Trinajstić information content (AvgIpc) is 3.10. The van der Waals surface area contributed by atoms with Crippen molar-refractivity contribution in [2.75, 3.05) is 18.5 Å². The lowest BCUT2D eigenvalue weighted by Gasteiger charge is -2.23. The number of hydrogen-bond donors (Lipinski definition) is 1. The van der Waals surface area contributed by atoms with E-state index in [1.807, 2.05) is 0 Å². The zero-order valence-corrected chi connectivity index (χ0v) is 10.0. The van der Waals surface area contributed by atoms with E-state index in [2.05, 4.69) is 15.3 Å². The molecule has 0 saturated heterocycles. The van der Waals surface area contributed by atoms with E-state index in [1.165, 1.54) is 4.90 Å².